The maximum absolute atomic E-state index is 12.1. The normalized spacial score (nSPS) is 22.6. The van der Waals surface area contributed by atoms with Crippen molar-refractivity contribution < 1.29 is 19.7 Å². The van der Waals surface area contributed by atoms with Gasteiger partial charge in [0, 0.05) is 18.7 Å². The summed E-state index contributed by atoms with van der Waals surface area (Å²) in [6.07, 6.45) is -0.767. The third kappa shape index (κ3) is 3.24. The summed E-state index contributed by atoms with van der Waals surface area (Å²) < 4.78 is 5.44. The Bertz CT molecular complexity index is 422. The number of β-amino-alcohol motifs (C(OH)–C–C–N with tert-alkyl or cyclic N) is 2. The molecule has 1 heterocycles. The molecule has 0 radical (unpaired) electrons. The lowest BCUT2D eigenvalue weighted by molar-refractivity contribution is 0.0572. The number of ether oxygens (including phenoxy) is 1. The molecule has 1 aromatic carbocycles. The fourth-order valence-electron chi connectivity index (χ4n) is 2.03. The molecule has 5 nitrogen and oxygen atoms in total. The number of hydrogen-bond donors (Lipinski definition) is 2. The van der Waals surface area contributed by atoms with Gasteiger partial charge in [-0.3, -0.25) is 4.79 Å². The Hall–Kier alpha value is -1.59. The van der Waals surface area contributed by atoms with E-state index < -0.39 is 12.2 Å². The number of rotatable bonds is 4. The molecule has 0 saturated carbocycles. The Labute approximate surface area is 112 Å². The van der Waals surface area contributed by atoms with Crippen LogP contribution in [0.1, 0.15) is 23.7 Å². The third-order valence-electron chi connectivity index (χ3n) is 3.12. The van der Waals surface area contributed by atoms with Gasteiger partial charge in [-0.05, 0) is 30.7 Å². The molecule has 0 bridgehead atoms. The van der Waals surface area contributed by atoms with E-state index in [9.17, 15) is 15.0 Å². The first-order valence-electron chi connectivity index (χ1n) is 6.50. The molecule has 1 amide bonds. The standard InChI is InChI=1S/C14H19NO4/c1-2-7-19-11-5-3-10(4-6-11)14(18)15-8-12(16)13(17)9-15/h3-6,12-13,16-17H,2,7-9H2,1H3. The number of carbonyl (C=O) groups is 1. The molecule has 0 aromatic heterocycles. The first kappa shape index (κ1) is 13.8. The van der Waals surface area contributed by atoms with E-state index in [1.807, 2.05) is 6.92 Å². The quantitative estimate of drug-likeness (QED) is 0.838. The van der Waals surface area contributed by atoms with E-state index in [1.165, 1.54) is 4.90 Å². The molecule has 1 aromatic rings. The van der Waals surface area contributed by atoms with Gasteiger partial charge in [0.15, 0.2) is 0 Å². The molecule has 1 aliphatic rings. The minimum atomic E-state index is -0.851. The summed E-state index contributed by atoms with van der Waals surface area (Å²) in [6.45, 7) is 3.03. The molecule has 1 fully saturated rings. The Balaban J connectivity index is 2.00. The maximum atomic E-state index is 12.1. The van der Waals surface area contributed by atoms with Gasteiger partial charge in [-0.1, -0.05) is 6.92 Å². The highest BCUT2D eigenvalue weighted by molar-refractivity contribution is 5.94. The van der Waals surface area contributed by atoms with Crippen LogP contribution in [0.4, 0.5) is 0 Å². The zero-order valence-corrected chi connectivity index (χ0v) is 11.0. The van der Waals surface area contributed by atoms with Crippen molar-refractivity contribution in [2.75, 3.05) is 19.7 Å². The molecule has 2 atom stereocenters. The summed E-state index contributed by atoms with van der Waals surface area (Å²) in [7, 11) is 0. The number of hydrogen-bond acceptors (Lipinski definition) is 4. The molecule has 19 heavy (non-hydrogen) atoms. The Morgan fingerprint density at radius 2 is 1.84 bits per heavy atom. The van der Waals surface area contributed by atoms with Crippen LogP contribution in [-0.2, 0) is 0 Å². The van der Waals surface area contributed by atoms with Crippen LogP contribution in [0.3, 0.4) is 0 Å². The monoisotopic (exact) mass is 265 g/mol. The average molecular weight is 265 g/mol. The predicted octanol–water partition coefficient (Wildman–Crippen LogP) is 0.653. The van der Waals surface area contributed by atoms with Crippen molar-refractivity contribution in [2.45, 2.75) is 25.6 Å². The molecule has 0 aliphatic carbocycles. The first-order valence-corrected chi connectivity index (χ1v) is 6.50. The van der Waals surface area contributed by atoms with Crippen molar-refractivity contribution in [2.24, 2.45) is 0 Å². The molecular formula is C14H19NO4. The Kier molecular flexibility index (Phi) is 4.39. The van der Waals surface area contributed by atoms with Crippen LogP contribution in [-0.4, -0.2) is 52.9 Å². The van der Waals surface area contributed by atoms with E-state index in [0.717, 1.165) is 12.2 Å². The van der Waals surface area contributed by atoms with E-state index in [2.05, 4.69) is 0 Å². The van der Waals surface area contributed by atoms with Gasteiger partial charge in [-0.15, -0.1) is 0 Å². The SMILES string of the molecule is CCCOc1ccc(C(=O)N2CC(O)C(O)C2)cc1. The van der Waals surface area contributed by atoms with Crippen LogP contribution in [0.2, 0.25) is 0 Å². The number of benzene rings is 1. The van der Waals surface area contributed by atoms with E-state index in [-0.39, 0.29) is 19.0 Å². The second-order valence-electron chi connectivity index (χ2n) is 4.72. The lowest BCUT2D eigenvalue weighted by atomic mass is 10.2. The summed E-state index contributed by atoms with van der Waals surface area (Å²) in [5.41, 5.74) is 0.533. The molecule has 1 saturated heterocycles. The van der Waals surface area contributed by atoms with Gasteiger partial charge in [0.05, 0.1) is 18.8 Å². The van der Waals surface area contributed by atoms with Crippen molar-refractivity contribution in [1.82, 2.24) is 4.90 Å². The van der Waals surface area contributed by atoms with Crippen molar-refractivity contribution in [1.29, 1.82) is 0 Å². The van der Waals surface area contributed by atoms with E-state index in [0.29, 0.717) is 12.2 Å². The Morgan fingerprint density at radius 3 is 2.37 bits per heavy atom. The number of aliphatic hydroxyl groups is 2. The first-order chi connectivity index (χ1) is 9.11. The maximum Gasteiger partial charge on any atom is 0.254 e. The van der Waals surface area contributed by atoms with Crippen molar-refractivity contribution in [3.8, 4) is 5.75 Å². The van der Waals surface area contributed by atoms with Gasteiger partial charge >= 0.3 is 0 Å². The largest absolute Gasteiger partial charge is 0.494 e. The van der Waals surface area contributed by atoms with E-state index >= 15 is 0 Å². The second-order valence-corrected chi connectivity index (χ2v) is 4.72. The number of amides is 1. The number of carbonyl (C=O) groups excluding carboxylic acids is 1. The van der Waals surface area contributed by atoms with Crippen molar-refractivity contribution in [3.05, 3.63) is 29.8 Å². The summed E-state index contributed by atoms with van der Waals surface area (Å²) in [4.78, 5) is 13.6. The average Bonchev–Trinajstić information content (AvgIpc) is 2.76. The Morgan fingerprint density at radius 1 is 1.26 bits per heavy atom. The van der Waals surface area contributed by atoms with Crippen LogP contribution in [0.25, 0.3) is 0 Å². The summed E-state index contributed by atoms with van der Waals surface area (Å²) in [5, 5.41) is 18.9. The summed E-state index contributed by atoms with van der Waals surface area (Å²) in [6, 6.07) is 6.91. The summed E-state index contributed by atoms with van der Waals surface area (Å²) in [5.74, 6) is 0.553. The topological polar surface area (TPSA) is 70.0 Å². The summed E-state index contributed by atoms with van der Waals surface area (Å²) >= 11 is 0. The smallest absolute Gasteiger partial charge is 0.254 e. The van der Waals surface area contributed by atoms with Gasteiger partial charge < -0.3 is 19.8 Å². The molecule has 2 N–H and O–H groups in total. The number of likely N-dealkylation sites (tertiary alicyclic amines) is 1. The molecule has 2 unspecified atom stereocenters. The predicted molar refractivity (Wildman–Crippen MR) is 70.1 cm³/mol. The van der Waals surface area contributed by atoms with Gasteiger partial charge in [-0.25, -0.2) is 0 Å². The van der Waals surface area contributed by atoms with Crippen LogP contribution >= 0.6 is 0 Å². The zero-order valence-electron chi connectivity index (χ0n) is 11.0. The highest BCUT2D eigenvalue weighted by atomic mass is 16.5. The van der Waals surface area contributed by atoms with Gasteiger partial charge in [0.1, 0.15) is 5.75 Å². The van der Waals surface area contributed by atoms with Gasteiger partial charge in [-0.2, -0.15) is 0 Å². The van der Waals surface area contributed by atoms with Gasteiger partial charge in [0.25, 0.3) is 5.91 Å². The lowest BCUT2D eigenvalue weighted by Crippen LogP contribution is -2.29. The lowest BCUT2D eigenvalue weighted by Gasteiger charge is -2.15. The van der Waals surface area contributed by atoms with E-state index in [1.54, 1.807) is 24.3 Å². The number of aliphatic hydroxyl groups excluding tert-OH is 2. The molecule has 0 spiro atoms. The molecular weight excluding hydrogens is 246 g/mol. The van der Waals surface area contributed by atoms with Crippen LogP contribution < -0.4 is 4.74 Å². The van der Waals surface area contributed by atoms with Crippen LogP contribution in [0, 0.1) is 0 Å². The molecule has 104 valence electrons. The fraction of sp³-hybridized carbons (Fsp3) is 0.500. The molecule has 2 rings (SSSR count). The highest BCUT2D eigenvalue weighted by Gasteiger charge is 2.32. The van der Waals surface area contributed by atoms with Crippen molar-refractivity contribution >= 4 is 5.91 Å². The zero-order chi connectivity index (χ0) is 13.8. The fourth-order valence-corrected chi connectivity index (χ4v) is 2.03. The highest BCUT2D eigenvalue weighted by Crippen LogP contribution is 2.17. The minimum absolute atomic E-state index is 0.175. The number of nitrogens with zero attached hydrogens (tertiary/aromatic N) is 1. The molecule has 5 heteroatoms. The minimum Gasteiger partial charge on any atom is -0.494 e. The van der Waals surface area contributed by atoms with Crippen molar-refractivity contribution in [3.63, 3.8) is 0 Å². The van der Waals surface area contributed by atoms with E-state index in [4.69, 9.17) is 4.74 Å². The third-order valence-corrected chi connectivity index (χ3v) is 3.12. The van der Waals surface area contributed by atoms with Gasteiger partial charge in [0.2, 0.25) is 0 Å². The van der Waals surface area contributed by atoms with Crippen LogP contribution in [0.5, 0.6) is 5.75 Å². The molecule has 1 aliphatic heterocycles. The second kappa shape index (κ2) is 6.04. The van der Waals surface area contributed by atoms with Crippen LogP contribution in [0.15, 0.2) is 24.3 Å².